The van der Waals surface area contributed by atoms with E-state index in [1.807, 2.05) is 67.6 Å². The summed E-state index contributed by atoms with van der Waals surface area (Å²) in [6.07, 6.45) is 2.51. The standard InChI is InChI=1S/C26H23BrClN3O2/c1-3-17(2)25-30-24-12-9-20(27)14-23(24)26(32)31(25)29-15-19-5-4-6-22(13-19)33-16-18-7-10-21(28)11-8-18/h4-15,17H,3,16H2,1-2H3/t17-/m1/s1. The summed E-state index contributed by atoms with van der Waals surface area (Å²) in [6, 6.07) is 20.6. The first kappa shape index (κ1) is 23.2. The highest BCUT2D eigenvalue weighted by molar-refractivity contribution is 9.10. The van der Waals surface area contributed by atoms with Gasteiger partial charge in [-0.3, -0.25) is 4.79 Å². The van der Waals surface area contributed by atoms with Crippen molar-refractivity contribution in [3.05, 3.63) is 104 Å². The van der Waals surface area contributed by atoms with E-state index in [0.29, 0.717) is 34.1 Å². The van der Waals surface area contributed by atoms with E-state index in [9.17, 15) is 4.79 Å². The van der Waals surface area contributed by atoms with Crippen LogP contribution in [0.4, 0.5) is 0 Å². The van der Waals surface area contributed by atoms with E-state index < -0.39 is 0 Å². The molecule has 0 fully saturated rings. The second-order valence-corrected chi connectivity index (χ2v) is 9.14. The van der Waals surface area contributed by atoms with Crippen molar-refractivity contribution >= 4 is 44.6 Å². The van der Waals surface area contributed by atoms with Crippen LogP contribution in [0.5, 0.6) is 5.75 Å². The molecule has 0 amide bonds. The van der Waals surface area contributed by atoms with Crippen LogP contribution in [0.25, 0.3) is 10.9 Å². The van der Waals surface area contributed by atoms with E-state index in [4.69, 9.17) is 21.3 Å². The largest absolute Gasteiger partial charge is 0.489 e. The first-order valence-corrected chi connectivity index (χ1v) is 11.9. The molecule has 0 unspecified atom stereocenters. The van der Waals surface area contributed by atoms with E-state index in [1.54, 1.807) is 12.3 Å². The quantitative estimate of drug-likeness (QED) is 0.250. The molecule has 4 rings (SSSR count). The lowest BCUT2D eigenvalue weighted by Gasteiger charge is -2.14. The summed E-state index contributed by atoms with van der Waals surface area (Å²) < 4.78 is 8.14. The van der Waals surface area contributed by atoms with Crippen LogP contribution in [-0.4, -0.2) is 15.9 Å². The predicted molar refractivity (Wildman–Crippen MR) is 138 cm³/mol. The van der Waals surface area contributed by atoms with Crippen molar-refractivity contribution in [3.63, 3.8) is 0 Å². The van der Waals surface area contributed by atoms with Crippen molar-refractivity contribution in [2.45, 2.75) is 32.8 Å². The zero-order chi connectivity index (χ0) is 23.4. The smallest absolute Gasteiger partial charge is 0.282 e. The van der Waals surface area contributed by atoms with Gasteiger partial charge in [-0.15, -0.1) is 0 Å². The number of halogens is 2. The van der Waals surface area contributed by atoms with Gasteiger partial charge in [0.25, 0.3) is 5.56 Å². The van der Waals surface area contributed by atoms with E-state index in [-0.39, 0.29) is 11.5 Å². The highest BCUT2D eigenvalue weighted by Gasteiger charge is 2.15. The Morgan fingerprint density at radius 3 is 2.70 bits per heavy atom. The molecule has 3 aromatic carbocycles. The monoisotopic (exact) mass is 523 g/mol. The number of benzene rings is 3. The number of rotatable bonds is 7. The average Bonchev–Trinajstić information content (AvgIpc) is 2.83. The molecule has 33 heavy (non-hydrogen) atoms. The molecule has 0 radical (unpaired) electrons. The molecule has 0 saturated carbocycles. The Balaban J connectivity index is 1.63. The summed E-state index contributed by atoms with van der Waals surface area (Å²) >= 11 is 9.38. The Hall–Kier alpha value is -2.96. The van der Waals surface area contributed by atoms with Crippen LogP contribution in [0.3, 0.4) is 0 Å². The summed E-state index contributed by atoms with van der Waals surface area (Å²) in [5, 5.41) is 5.74. The molecule has 0 aliphatic carbocycles. The van der Waals surface area contributed by atoms with Gasteiger partial charge in [0.1, 0.15) is 18.2 Å². The normalized spacial score (nSPS) is 12.4. The van der Waals surface area contributed by atoms with Crippen LogP contribution >= 0.6 is 27.5 Å². The minimum Gasteiger partial charge on any atom is -0.489 e. The van der Waals surface area contributed by atoms with E-state index in [2.05, 4.69) is 28.0 Å². The fraction of sp³-hybridized carbons (Fsp3) is 0.192. The van der Waals surface area contributed by atoms with Gasteiger partial charge >= 0.3 is 0 Å². The Morgan fingerprint density at radius 2 is 1.94 bits per heavy atom. The molecule has 7 heteroatoms. The van der Waals surface area contributed by atoms with E-state index >= 15 is 0 Å². The minimum absolute atomic E-state index is 0.0805. The number of fused-ring (bicyclic) bond motifs is 1. The van der Waals surface area contributed by atoms with Gasteiger partial charge in [-0.05, 0) is 60.0 Å². The van der Waals surface area contributed by atoms with Crippen LogP contribution in [0.15, 0.2) is 81.1 Å². The molecule has 168 valence electrons. The molecule has 0 aliphatic rings. The van der Waals surface area contributed by atoms with Crippen molar-refractivity contribution < 1.29 is 4.74 Å². The molecule has 0 spiro atoms. The summed E-state index contributed by atoms with van der Waals surface area (Å²) in [5.41, 5.74) is 2.32. The van der Waals surface area contributed by atoms with Crippen LogP contribution in [-0.2, 0) is 6.61 Å². The highest BCUT2D eigenvalue weighted by atomic mass is 79.9. The lowest BCUT2D eigenvalue weighted by molar-refractivity contribution is 0.306. The molecular weight excluding hydrogens is 502 g/mol. The topological polar surface area (TPSA) is 56.5 Å². The van der Waals surface area contributed by atoms with Crippen LogP contribution in [0.2, 0.25) is 5.02 Å². The fourth-order valence-electron chi connectivity index (χ4n) is 3.34. The lowest BCUT2D eigenvalue weighted by Crippen LogP contribution is -2.23. The van der Waals surface area contributed by atoms with Crippen molar-refractivity contribution in [3.8, 4) is 5.75 Å². The number of hydrogen-bond donors (Lipinski definition) is 0. The maximum absolute atomic E-state index is 13.2. The molecule has 0 bridgehead atoms. The SMILES string of the molecule is CC[C@@H](C)c1nc2ccc(Br)cc2c(=O)n1N=Cc1cccc(OCc2ccc(Cl)cc2)c1. The minimum atomic E-state index is -0.192. The van der Waals surface area contributed by atoms with Gasteiger partial charge in [-0.1, -0.05) is 65.6 Å². The summed E-state index contributed by atoms with van der Waals surface area (Å²) in [6.45, 7) is 4.54. The van der Waals surface area contributed by atoms with Gasteiger partial charge in [0.2, 0.25) is 0 Å². The number of ether oxygens (including phenoxy) is 1. The molecule has 1 heterocycles. The maximum atomic E-state index is 13.2. The van der Waals surface area contributed by atoms with Crippen molar-refractivity contribution in [2.75, 3.05) is 0 Å². The Bertz CT molecular complexity index is 1370. The molecule has 5 nitrogen and oxygen atoms in total. The van der Waals surface area contributed by atoms with Crippen molar-refractivity contribution in [1.82, 2.24) is 9.66 Å². The van der Waals surface area contributed by atoms with Crippen LogP contribution < -0.4 is 10.3 Å². The maximum Gasteiger partial charge on any atom is 0.282 e. The van der Waals surface area contributed by atoms with E-state index in [1.165, 1.54) is 4.68 Å². The third-order valence-electron chi connectivity index (χ3n) is 5.39. The molecular formula is C26H23BrClN3O2. The van der Waals surface area contributed by atoms with Gasteiger partial charge in [-0.2, -0.15) is 9.78 Å². The van der Waals surface area contributed by atoms with Gasteiger partial charge in [-0.25, -0.2) is 4.98 Å². The fourth-order valence-corrected chi connectivity index (χ4v) is 3.82. The lowest BCUT2D eigenvalue weighted by atomic mass is 10.1. The van der Waals surface area contributed by atoms with E-state index in [0.717, 1.165) is 22.0 Å². The van der Waals surface area contributed by atoms with Gasteiger partial charge in [0.05, 0.1) is 17.1 Å². The van der Waals surface area contributed by atoms with Crippen molar-refractivity contribution in [1.29, 1.82) is 0 Å². The molecule has 1 aromatic heterocycles. The van der Waals surface area contributed by atoms with Gasteiger partial charge in [0, 0.05) is 15.4 Å². The first-order valence-electron chi connectivity index (χ1n) is 10.7. The molecule has 0 N–H and O–H groups in total. The second-order valence-electron chi connectivity index (χ2n) is 7.79. The summed E-state index contributed by atoms with van der Waals surface area (Å²) in [4.78, 5) is 18.0. The third kappa shape index (κ3) is 5.52. The van der Waals surface area contributed by atoms with Gasteiger partial charge in [0.15, 0.2) is 0 Å². The summed E-state index contributed by atoms with van der Waals surface area (Å²) in [5.74, 6) is 1.43. The van der Waals surface area contributed by atoms with Crippen LogP contribution in [0.1, 0.15) is 43.1 Å². The number of hydrogen-bond acceptors (Lipinski definition) is 4. The highest BCUT2D eigenvalue weighted by Crippen LogP contribution is 2.21. The first-order chi connectivity index (χ1) is 15.9. The Labute approximate surface area is 205 Å². The molecule has 4 aromatic rings. The zero-order valence-electron chi connectivity index (χ0n) is 18.3. The predicted octanol–water partition coefficient (Wildman–Crippen LogP) is 6.79. The average molecular weight is 525 g/mol. The second kappa shape index (κ2) is 10.3. The zero-order valence-corrected chi connectivity index (χ0v) is 20.7. The number of nitrogens with zero attached hydrogens (tertiary/aromatic N) is 3. The molecule has 1 atom stereocenters. The Kier molecular flexibility index (Phi) is 7.26. The number of aromatic nitrogens is 2. The van der Waals surface area contributed by atoms with Crippen molar-refractivity contribution in [2.24, 2.45) is 5.10 Å². The molecule has 0 aliphatic heterocycles. The van der Waals surface area contributed by atoms with Crippen LogP contribution in [0, 0.1) is 0 Å². The molecule has 0 saturated heterocycles. The summed E-state index contributed by atoms with van der Waals surface area (Å²) in [7, 11) is 0. The Morgan fingerprint density at radius 1 is 1.15 bits per heavy atom. The third-order valence-corrected chi connectivity index (χ3v) is 6.13. The van der Waals surface area contributed by atoms with Gasteiger partial charge < -0.3 is 4.74 Å².